The molecule has 0 spiro atoms. The highest BCUT2D eigenvalue weighted by molar-refractivity contribution is 5.94. The summed E-state index contributed by atoms with van der Waals surface area (Å²) < 4.78 is 1.44. The maximum absolute atomic E-state index is 11.8. The number of carboxylic acids is 1. The molecule has 0 aliphatic carbocycles. The van der Waals surface area contributed by atoms with Crippen molar-refractivity contribution in [1.29, 1.82) is 0 Å². The largest absolute Gasteiger partial charge is 0.480 e. The molecule has 0 saturated heterocycles. The molecule has 106 valence electrons. The molecule has 1 heterocycles. The van der Waals surface area contributed by atoms with Gasteiger partial charge in [-0.25, -0.2) is 4.79 Å². The molecule has 0 radical (unpaired) electrons. The normalized spacial score (nSPS) is 12.4. The quantitative estimate of drug-likeness (QED) is 0.611. The van der Waals surface area contributed by atoms with Crippen molar-refractivity contribution in [1.82, 2.24) is 20.3 Å². The van der Waals surface area contributed by atoms with Crippen LogP contribution >= 0.6 is 0 Å². The lowest BCUT2D eigenvalue weighted by atomic mass is 10.0. The maximum atomic E-state index is 11.8. The summed E-state index contributed by atoms with van der Waals surface area (Å²) in [7, 11) is 0. The number of carbonyl (C=O) groups is 2. The minimum Gasteiger partial charge on any atom is -0.480 e. The third-order valence-electron chi connectivity index (χ3n) is 2.44. The van der Waals surface area contributed by atoms with Crippen molar-refractivity contribution >= 4 is 11.9 Å². The molecule has 1 amide bonds. The average Bonchev–Trinajstić information content (AvgIpc) is 2.76. The van der Waals surface area contributed by atoms with E-state index in [0.717, 1.165) is 0 Å². The summed E-state index contributed by atoms with van der Waals surface area (Å²) in [5.74, 6) is -1.44. The lowest BCUT2D eigenvalue weighted by molar-refractivity contribution is -0.139. The Morgan fingerprint density at radius 2 is 2.21 bits per heavy atom. The van der Waals surface area contributed by atoms with Crippen molar-refractivity contribution in [3.63, 3.8) is 0 Å². The van der Waals surface area contributed by atoms with E-state index in [1.807, 2.05) is 13.8 Å². The first-order valence-electron chi connectivity index (χ1n) is 6.08. The minimum absolute atomic E-state index is 0.0865. The second kappa shape index (κ2) is 6.83. The number of rotatable bonds is 7. The molecule has 0 aliphatic rings. The fraction of sp³-hybridized carbons (Fsp3) is 0.636. The van der Waals surface area contributed by atoms with E-state index in [1.54, 1.807) is 0 Å². The molecule has 0 aromatic carbocycles. The van der Waals surface area contributed by atoms with Gasteiger partial charge in [0.05, 0.1) is 12.7 Å². The van der Waals surface area contributed by atoms with Gasteiger partial charge in [-0.15, -0.1) is 5.10 Å². The number of carbonyl (C=O) groups excluding carboxylic acids is 1. The van der Waals surface area contributed by atoms with E-state index in [4.69, 9.17) is 10.8 Å². The molecular weight excluding hydrogens is 250 g/mol. The van der Waals surface area contributed by atoms with Gasteiger partial charge in [0, 0.05) is 6.54 Å². The number of aliphatic carboxylic acids is 1. The number of carboxylic acid groups (broad SMARTS) is 1. The Morgan fingerprint density at radius 3 is 2.74 bits per heavy atom. The van der Waals surface area contributed by atoms with Crippen LogP contribution in [-0.4, -0.2) is 44.6 Å². The van der Waals surface area contributed by atoms with Crippen LogP contribution in [0.1, 0.15) is 30.8 Å². The summed E-state index contributed by atoms with van der Waals surface area (Å²) in [5, 5.41) is 18.9. The van der Waals surface area contributed by atoms with Gasteiger partial charge >= 0.3 is 5.97 Å². The molecule has 0 bridgehead atoms. The van der Waals surface area contributed by atoms with Gasteiger partial charge in [0.25, 0.3) is 5.91 Å². The summed E-state index contributed by atoms with van der Waals surface area (Å²) in [5.41, 5.74) is 5.44. The number of nitrogens with two attached hydrogens (primary N) is 1. The third kappa shape index (κ3) is 4.66. The Hall–Kier alpha value is -1.96. The van der Waals surface area contributed by atoms with Gasteiger partial charge in [0.15, 0.2) is 5.69 Å². The SMILES string of the molecule is CC(C)C[C@@H](NC(=O)c1cn(CCN)nn1)C(=O)O. The summed E-state index contributed by atoms with van der Waals surface area (Å²) in [6.45, 7) is 4.61. The Balaban J connectivity index is 2.67. The van der Waals surface area contributed by atoms with Crippen LogP contribution in [0.4, 0.5) is 0 Å². The summed E-state index contributed by atoms with van der Waals surface area (Å²) >= 11 is 0. The van der Waals surface area contributed by atoms with Gasteiger partial charge in [0.2, 0.25) is 0 Å². The smallest absolute Gasteiger partial charge is 0.326 e. The minimum atomic E-state index is -1.06. The van der Waals surface area contributed by atoms with Crippen molar-refractivity contribution in [3.8, 4) is 0 Å². The lowest BCUT2D eigenvalue weighted by Gasteiger charge is -2.15. The number of hydrogen-bond acceptors (Lipinski definition) is 5. The van der Waals surface area contributed by atoms with E-state index >= 15 is 0 Å². The predicted octanol–water partition coefficient (Wildman–Crippen LogP) is -0.534. The highest BCUT2D eigenvalue weighted by atomic mass is 16.4. The molecule has 1 atom stereocenters. The van der Waals surface area contributed by atoms with Crippen LogP contribution < -0.4 is 11.1 Å². The summed E-state index contributed by atoms with van der Waals surface area (Å²) in [6.07, 6.45) is 1.80. The first kappa shape index (κ1) is 15.1. The van der Waals surface area contributed by atoms with Crippen molar-refractivity contribution < 1.29 is 14.7 Å². The highest BCUT2D eigenvalue weighted by Crippen LogP contribution is 2.06. The fourth-order valence-corrected chi connectivity index (χ4v) is 1.57. The van der Waals surface area contributed by atoms with E-state index in [-0.39, 0.29) is 11.6 Å². The van der Waals surface area contributed by atoms with Crippen LogP contribution in [-0.2, 0) is 11.3 Å². The average molecular weight is 269 g/mol. The third-order valence-corrected chi connectivity index (χ3v) is 2.44. The Kier molecular flexibility index (Phi) is 5.43. The topological polar surface area (TPSA) is 123 Å². The maximum Gasteiger partial charge on any atom is 0.326 e. The molecule has 19 heavy (non-hydrogen) atoms. The Labute approximate surface area is 111 Å². The van der Waals surface area contributed by atoms with Gasteiger partial charge < -0.3 is 16.2 Å². The molecule has 8 heteroatoms. The molecule has 1 rings (SSSR count). The number of nitrogens with one attached hydrogen (secondary N) is 1. The van der Waals surface area contributed by atoms with Crippen LogP contribution in [0.3, 0.4) is 0 Å². The second-order valence-electron chi connectivity index (χ2n) is 4.65. The number of nitrogens with zero attached hydrogens (tertiary/aromatic N) is 3. The standard InChI is InChI=1S/C11H19N5O3/c1-7(2)5-8(11(18)19)13-10(17)9-6-16(4-3-12)15-14-9/h6-8H,3-5,12H2,1-2H3,(H,13,17)(H,18,19)/t8-/m1/s1. The summed E-state index contributed by atoms with van der Waals surface area (Å²) in [6, 6.07) is -0.924. The monoisotopic (exact) mass is 269 g/mol. The molecule has 1 aromatic rings. The predicted molar refractivity (Wildman–Crippen MR) is 67.4 cm³/mol. The molecular formula is C11H19N5O3. The van der Waals surface area contributed by atoms with Crippen LogP contribution in [0.25, 0.3) is 0 Å². The Bertz CT molecular complexity index is 443. The number of aromatic nitrogens is 3. The zero-order valence-corrected chi connectivity index (χ0v) is 11.0. The first-order valence-corrected chi connectivity index (χ1v) is 6.08. The van der Waals surface area contributed by atoms with Crippen molar-refractivity contribution in [2.75, 3.05) is 6.54 Å². The second-order valence-corrected chi connectivity index (χ2v) is 4.65. The molecule has 4 N–H and O–H groups in total. The van der Waals surface area contributed by atoms with Crippen LogP contribution in [0.15, 0.2) is 6.20 Å². The number of hydrogen-bond donors (Lipinski definition) is 3. The van der Waals surface area contributed by atoms with Crippen LogP contribution in [0, 0.1) is 5.92 Å². The lowest BCUT2D eigenvalue weighted by Crippen LogP contribution is -2.41. The van der Waals surface area contributed by atoms with E-state index in [9.17, 15) is 9.59 Å². The number of amides is 1. The Morgan fingerprint density at radius 1 is 1.53 bits per heavy atom. The molecule has 8 nitrogen and oxygen atoms in total. The van der Waals surface area contributed by atoms with Crippen molar-refractivity contribution in [3.05, 3.63) is 11.9 Å². The van der Waals surface area contributed by atoms with Gasteiger partial charge in [-0.3, -0.25) is 9.48 Å². The molecule has 0 unspecified atom stereocenters. The van der Waals surface area contributed by atoms with E-state index in [2.05, 4.69) is 15.6 Å². The van der Waals surface area contributed by atoms with Crippen molar-refractivity contribution in [2.45, 2.75) is 32.9 Å². The van der Waals surface area contributed by atoms with Gasteiger partial charge in [-0.05, 0) is 12.3 Å². The zero-order chi connectivity index (χ0) is 14.4. The summed E-state index contributed by atoms with van der Waals surface area (Å²) in [4.78, 5) is 22.9. The van der Waals surface area contributed by atoms with Gasteiger partial charge in [-0.2, -0.15) is 0 Å². The molecule has 0 aliphatic heterocycles. The van der Waals surface area contributed by atoms with E-state index in [1.165, 1.54) is 10.9 Å². The van der Waals surface area contributed by atoms with Crippen LogP contribution in [0.2, 0.25) is 0 Å². The van der Waals surface area contributed by atoms with Crippen molar-refractivity contribution in [2.24, 2.45) is 11.7 Å². The molecule has 1 aromatic heterocycles. The van der Waals surface area contributed by atoms with Gasteiger partial charge in [-0.1, -0.05) is 19.1 Å². The molecule has 0 fully saturated rings. The highest BCUT2D eigenvalue weighted by Gasteiger charge is 2.23. The zero-order valence-electron chi connectivity index (χ0n) is 11.0. The molecule has 0 saturated carbocycles. The van der Waals surface area contributed by atoms with E-state index < -0.39 is 17.9 Å². The first-order chi connectivity index (χ1) is 8.93. The van der Waals surface area contributed by atoms with Crippen LogP contribution in [0.5, 0.6) is 0 Å². The van der Waals surface area contributed by atoms with Gasteiger partial charge in [0.1, 0.15) is 6.04 Å². The fourth-order valence-electron chi connectivity index (χ4n) is 1.57. The van der Waals surface area contributed by atoms with E-state index in [0.29, 0.717) is 19.5 Å².